The van der Waals surface area contributed by atoms with E-state index in [1.807, 2.05) is 0 Å². The van der Waals surface area contributed by atoms with Gasteiger partial charge in [-0.1, -0.05) is 13.8 Å². The third-order valence-corrected chi connectivity index (χ3v) is 2.75. The lowest BCUT2D eigenvalue weighted by molar-refractivity contribution is 0.124. The maximum Gasteiger partial charge on any atom is 0.0589 e. The van der Waals surface area contributed by atoms with Crippen LogP contribution in [0.4, 0.5) is 0 Å². The SMILES string of the molecule is CCNCC(C)CN(CCCOC)CCOC. The van der Waals surface area contributed by atoms with Gasteiger partial charge in [-0.3, -0.25) is 0 Å². The van der Waals surface area contributed by atoms with Crippen LogP contribution >= 0.6 is 0 Å². The number of hydrogen-bond donors (Lipinski definition) is 1. The van der Waals surface area contributed by atoms with Crippen molar-refractivity contribution in [3.8, 4) is 0 Å². The molecular formula is C13H30N2O2. The van der Waals surface area contributed by atoms with Gasteiger partial charge in [-0.15, -0.1) is 0 Å². The molecule has 104 valence electrons. The number of hydrogen-bond acceptors (Lipinski definition) is 4. The van der Waals surface area contributed by atoms with E-state index < -0.39 is 0 Å². The van der Waals surface area contributed by atoms with Crippen molar-refractivity contribution in [2.24, 2.45) is 5.92 Å². The lowest BCUT2D eigenvalue weighted by Crippen LogP contribution is -2.36. The van der Waals surface area contributed by atoms with E-state index in [1.165, 1.54) is 0 Å². The molecule has 0 aromatic heterocycles. The second kappa shape index (κ2) is 12.3. The van der Waals surface area contributed by atoms with E-state index in [-0.39, 0.29) is 0 Å². The molecule has 0 aromatic carbocycles. The summed E-state index contributed by atoms with van der Waals surface area (Å²) in [7, 11) is 3.52. The molecule has 0 aromatic rings. The van der Waals surface area contributed by atoms with Crippen LogP contribution in [0.1, 0.15) is 20.3 Å². The Morgan fingerprint density at radius 2 is 1.82 bits per heavy atom. The predicted octanol–water partition coefficient (Wildman–Crippen LogP) is 1.22. The Bertz CT molecular complexity index is 156. The van der Waals surface area contributed by atoms with Gasteiger partial charge in [0.15, 0.2) is 0 Å². The van der Waals surface area contributed by atoms with Crippen molar-refractivity contribution < 1.29 is 9.47 Å². The van der Waals surface area contributed by atoms with Gasteiger partial charge in [-0.05, 0) is 25.4 Å². The topological polar surface area (TPSA) is 33.7 Å². The first kappa shape index (κ1) is 16.8. The highest BCUT2D eigenvalue weighted by Crippen LogP contribution is 2.00. The summed E-state index contributed by atoms with van der Waals surface area (Å²) in [6.45, 7) is 11.4. The Balaban J connectivity index is 3.81. The minimum absolute atomic E-state index is 0.675. The standard InChI is InChI=1S/C13H30N2O2/c1-5-14-11-13(2)12-15(8-10-17-4)7-6-9-16-3/h13-14H,5-12H2,1-4H3. The zero-order chi connectivity index (χ0) is 12.9. The highest BCUT2D eigenvalue weighted by Gasteiger charge is 2.09. The summed E-state index contributed by atoms with van der Waals surface area (Å²) in [5.41, 5.74) is 0. The van der Waals surface area contributed by atoms with Gasteiger partial charge in [0.25, 0.3) is 0 Å². The van der Waals surface area contributed by atoms with Crippen LogP contribution in [-0.4, -0.2) is 65.1 Å². The van der Waals surface area contributed by atoms with Gasteiger partial charge in [0.2, 0.25) is 0 Å². The van der Waals surface area contributed by atoms with Gasteiger partial charge in [0, 0.05) is 40.5 Å². The van der Waals surface area contributed by atoms with E-state index in [1.54, 1.807) is 14.2 Å². The minimum Gasteiger partial charge on any atom is -0.385 e. The van der Waals surface area contributed by atoms with E-state index in [0.29, 0.717) is 5.92 Å². The average Bonchev–Trinajstić information content (AvgIpc) is 2.33. The summed E-state index contributed by atoms with van der Waals surface area (Å²) >= 11 is 0. The molecule has 17 heavy (non-hydrogen) atoms. The summed E-state index contributed by atoms with van der Waals surface area (Å²) < 4.78 is 10.2. The molecule has 1 atom stereocenters. The lowest BCUT2D eigenvalue weighted by atomic mass is 10.1. The van der Waals surface area contributed by atoms with Gasteiger partial charge in [-0.2, -0.15) is 0 Å². The molecule has 0 saturated carbocycles. The van der Waals surface area contributed by atoms with Gasteiger partial charge in [0.05, 0.1) is 6.61 Å². The van der Waals surface area contributed by atoms with Gasteiger partial charge in [0.1, 0.15) is 0 Å². The van der Waals surface area contributed by atoms with Crippen molar-refractivity contribution in [1.82, 2.24) is 10.2 Å². The van der Waals surface area contributed by atoms with Gasteiger partial charge >= 0.3 is 0 Å². The van der Waals surface area contributed by atoms with E-state index in [2.05, 4.69) is 24.1 Å². The van der Waals surface area contributed by atoms with Crippen LogP contribution in [0.2, 0.25) is 0 Å². The monoisotopic (exact) mass is 246 g/mol. The number of nitrogens with zero attached hydrogens (tertiary/aromatic N) is 1. The Hall–Kier alpha value is -0.160. The zero-order valence-corrected chi connectivity index (χ0v) is 12.0. The predicted molar refractivity (Wildman–Crippen MR) is 72.5 cm³/mol. The molecule has 1 unspecified atom stereocenters. The molecule has 0 rings (SSSR count). The molecule has 0 radical (unpaired) electrons. The van der Waals surface area contributed by atoms with Crippen molar-refractivity contribution in [3.05, 3.63) is 0 Å². The van der Waals surface area contributed by atoms with Crippen LogP contribution in [0.15, 0.2) is 0 Å². The summed E-state index contributed by atoms with van der Waals surface area (Å²) in [5, 5.41) is 3.39. The number of rotatable bonds is 12. The maximum absolute atomic E-state index is 5.15. The van der Waals surface area contributed by atoms with Crippen LogP contribution in [-0.2, 0) is 9.47 Å². The normalized spacial score (nSPS) is 13.2. The molecule has 4 nitrogen and oxygen atoms in total. The molecule has 0 bridgehead atoms. The van der Waals surface area contributed by atoms with Crippen LogP contribution in [0.3, 0.4) is 0 Å². The van der Waals surface area contributed by atoms with Gasteiger partial charge in [-0.25, -0.2) is 0 Å². The van der Waals surface area contributed by atoms with E-state index >= 15 is 0 Å². The first-order valence-corrected chi connectivity index (χ1v) is 6.65. The van der Waals surface area contributed by atoms with Crippen molar-refractivity contribution in [1.29, 1.82) is 0 Å². The van der Waals surface area contributed by atoms with Crippen LogP contribution in [0.5, 0.6) is 0 Å². The van der Waals surface area contributed by atoms with Crippen molar-refractivity contribution in [2.75, 3.05) is 60.2 Å². The Labute approximate surface area is 107 Å². The van der Waals surface area contributed by atoms with Crippen molar-refractivity contribution >= 4 is 0 Å². The second-order valence-electron chi connectivity index (χ2n) is 4.55. The summed E-state index contributed by atoms with van der Waals surface area (Å²) in [5.74, 6) is 0.675. The molecule has 4 heteroatoms. The van der Waals surface area contributed by atoms with Crippen LogP contribution < -0.4 is 5.32 Å². The third-order valence-electron chi connectivity index (χ3n) is 2.75. The molecule has 0 aliphatic carbocycles. The lowest BCUT2D eigenvalue weighted by Gasteiger charge is -2.25. The first-order chi connectivity index (χ1) is 8.24. The third kappa shape index (κ3) is 10.7. The van der Waals surface area contributed by atoms with Crippen LogP contribution in [0.25, 0.3) is 0 Å². The number of ether oxygens (including phenoxy) is 2. The molecular weight excluding hydrogens is 216 g/mol. The minimum atomic E-state index is 0.675. The fraction of sp³-hybridized carbons (Fsp3) is 1.00. The largest absolute Gasteiger partial charge is 0.385 e. The average molecular weight is 246 g/mol. The fourth-order valence-corrected chi connectivity index (χ4v) is 1.84. The summed E-state index contributed by atoms with van der Waals surface area (Å²) in [4.78, 5) is 2.46. The molecule has 1 N–H and O–H groups in total. The smallest absolute Gasteiger partial charge is 0.0589 e. The highest BCUT2D eigenvalue weighted by molar-refractivity contribution is 4.65. The van der Waals surface area contributed by atoms with Crippen molar-refractivity contribution in [3.63, 3.8) is 0 Å². The molecule has 0 aliphatic heterocycles. The molecule has 0 amide bonds. The molecule has 0 saturated heterocycles. The van der Waals surface area contributed by atoms with Gasteiger partial charge < -0.3 is 19.7 Å². The van der Waals surface area contributed by atoms with E-state index in [0.717, 1.165) is 52.4 Å². The maximum atomic E-state index is 5.15. The molecule has 0 heterocycles. The molecule has 0 spiro atoms. The fourth-order valence-electron chi connectivity index (χ4n) is 1.84. The highest BCUT2D eigenvalue weighted by atomic mass is 16.5. The summed E-state index contributed by atoms with van der Waals surface area (Å²) in [6.07, 6.45) is 1.09. The molecule has 0 aliphatic rings. The molecule has 0 fully saturated rings. The summed E-state index contributed by atoms with van der Waals surface area (Å²) in [6, 6.07) is 0. The Kier molecular flexibility index (Phi) is 12.2. The van der Waals surface area contributed by atoms with Crippen LogP contribution in [0, 0.1) is 5.92 Å². The van der Waals surface area contributed by atoms with E-state index in [9.17, 15) is 0 Å². The quantitative estimate of drug-likeness (QED) is 0.525. The Morgan fingerprint density at radius 1 is 1.12 bits per heavy atom. The van der Waals surface area contributed by atoms with E-state index in [4.69, 9.17) is 9.47 Å². The number of nitrogens with one attached hydrogen (secondary N) is 1. The van der Waals surface area contributed by atoms with Crippen molar-refractivity contribution in [2.45, 2.75) is 20.3 Å². The first-order valence-electron chi connectivity index (χ1n) is 6.65. The Morgan fingerprint density at radius 3 is 2.41 bits per heavy atom. The zero-order valence-electron chi connectivity index (χ0n) is 12.0. The second-order valence-corrected chi connectivity index (χ2v) is 4.55. The number of methoxy groups -OCH3 is 2.